The molecule has 0 aliphatic heterocycles. The fourth-order valence-corrected chi connectivity index (χ4v) is 3.32. The molecule has 0 spiro atoms. The van der Waals surface area contributed by atoms with Crippen molar-refractivity contribution < 1.29 is 9.59 Å². The molecule has 31 heavy (non-hydrogen) atoms. The minimum atomic E-state index is -0.119. The van der Waals surface area contributed by atoms with Crippen molar-refractivity contribution in [3.8, 4) is 0 Å². The fourth-order valence-electron chi connectivity index (χ4n) is 3.32. The van der Waals surface area contributed by atoms with Gasteiger partial charge in [-0.15, -0.1) is 0 Å². The molecule has 1 heterocycles. The van der Waals surface area contributed by atoms with Crippen LogP contribution in [0.1, 0.15) is 40.7 Å². The van der Waals surface area contributed by atoms with Gasteiger partial charge < -0.3 is 15.6 Å². The van der Waals surface area contributed by atoms with Crippen molar-refractivity contribution in [3.63, 3.8) is 0 Å². The molecule has 0 unspecified atom stereocenters. The van der Waals surface area contributed by atoms with Crippen LogP contribution < -0.4 is 10.6 Å². The smallest absolute Gasteiger partial charge is 0.251 e. The van der Waals surface area contributed by atoms with E-state index in [0.717, 1.165) is 33.7 Å². The van der Waals surface area contributed by atoms with Crippen LogP contribution in [0.2, 0.25) is 0 Å². The van der Waals surface area contributed by atoms with Crippen LogP contribution in [0.3, 0.4) is 0 Å². The average Bonchev–Trinajstić information content (AvgIpc) is 3.20. The molecule has 0 bridgehead atoms. The lowest BCUT2D eigenvalue weighted by Crippen LogP contribution is -2.22. The number of hydrogen-bond acceptors (Lipinski definition) is 3. The number of fused-ring (bicyclic) bond motifs is 1. The first kappa shape index (κ1) is 20.3. The lowest BCUT2D eigenvalue weighted by Gasteiger charge is -2.05. The van der Waals surface area contributed by atoms with Crippen molar-refractivity contribution in [2.24, 2.45) is 0 Å². The maximum absolute atomic E-state index is 12.5. The fraction of sp³-hybridized carbons (Fsp3) is 0.160. The molecule has 0 saturated heterocycles. The van der Waals surface area contributed by atoms with E-state index in [1.54, 1.807) is 6.07 Å². The van der Waals surface area contributed by atoms with E-state index in [1.807, 2.05) is 73.7 Å². The average molecular weight is 412 g/mol. The number of anilines is 1. The summed E-state index contributed by atoms with van der Waals surface area (Å²) in [6.45, 7) is 2.31. The monoisotopic (exact) mass is 412 g/mol. The van der Waals surface area contributed by atoms with Crippen LogP contribution in [-0.4, -0.2) is 21.8 Å². The topological polar surface area (TPSA) is 86.9 Å². The highest BCUT2D eigenvalue weighted by Crippen LogP contribution is 2.17. The van der Waals surface area contributed by atoms with Gasteiger partial charge in [0.1, 0.15) is 5.82 Å². The molecule has 156 valence electrons. The van der Waals surface area contributed by atoms with E-state index >= 15 is 0 Å². The summed E-state index contributed by atoms with van der Waals surface area (Å²) in [5, 5.41) is 5.79. The second-order valence-corrected chi connectivity index (χ2v) is 7.36. The Morgan fingerprint density at radius 3 is 2.45 bits per heavy atom. The van der Waals surface area contributed by atoms with Crippen LogP contribution in [-0.2, 0) is 17.8 Å². The van der Waals surface area contributed by atoms with Crippen molar-refractivity contribution in [3.05, 3.63) is 95.3 Å². The number of imidazole rings is 1. The Morgan fingerprint density at radius 1 is 0.935 bits per heavy atom. The summed E-state index contributed by atoms with van der Waals surface area (Å²) < 4.78 is 0. The van der Waals surface area contributed by atoms with Crippen molar-refractivity contribution in [2.45, 2.75) is 26.3 Å². The molecule has 6 heteroatoms. The predicted molar refractivity (Wildman–Crippen MR) is 122 cm³/mol. The largest absolute Gasteiger partial charge is 0.348 e. The van der Waals surface area contributed by atoms with Gasteiger partial charge in [0.2, 0.25) is 5.91 Å². The third kappa shape index (κ3) is 5.17. The van der Waals surface area contributed by atoms with Crippen LogP contribution in [0, 0.1) is 0 Å². The first-order valence-corrected chi connectivity index (χ1v) is 10.3. The number of carbonyl (C=O) groups excluding carboxylic acids is 2. The molecule has 6 nitrogen and oxygen atoms in total. The number of nitrogens with one attached hydrogen (secondary N) is 3. The van der Waals surface area contributed by atoms with Gasteiger partial charge >= 0.3 is 0 Å². The molecule has 0 fully saturated rings. The van der Waals surface area contributed by atoms with Gasteiger partial charge in [0.15, 0.2) is 0 Å². The number of aromatic amines is 1. The SMILES string of the molecule is CCC(=O)Nc1ccc(Cc2nc3ccc(C(=O)NCc4ccccc4)cc3[nH]2)cc1. The van der Waals surface area contributed by atoms with Gasteiger partial charge in [0.25, 0.3) is 5.91 Å². The van der Waals surface area contributed by atoms with E-state index in [1.165, 1.54) is 0 Å². The summed E-state index contributed by atoms with van der Waals surface area (Å²) in [6, 6.07) is 23.0. The van der Waals surface area contributed by atoms with Crippen molar-refractivity contribution in [2.75, 3.05) is 5.32 Å². The molecule has 0 atom stereocenters. The summed E-state index contributed by atoms with van der Waals surface area (Å²) in [5.41, 5.74) is 5.16. The van der Waals surface area contributed by atoms with Gasteiger partial charge in [-0.2, -0.15) is 0 Å². The first-order chi connectivity index (χ1) is 15.1. The molecule has 0 aliphatic rings. The number of carbonyl (C=O) groups is 2. The zero-order chi connectivity index (χ0) is 21.6. The molecule has 1 aromatic heterocycles. The summed E-state index contributed by atoms with van der Waals surface area (Å²) in [7, 11) is 0. The van der Waals surface area contributed by atoms with E-state index in [4.69, 9.17) is 0 Å². The van der Waals surface area contributed by atoms with E-state index in [9.17, 15) is 9.59 Å². The van der Waals surface area contributed by atoms with Gasteiger partial charge in [-0.25, -0.2) is 4.98 Å². The van der Waals surface area contributed by atoms with Gasteiger partial charge in [-0.05, 0) is 41.5 Å². The molecule has 2 amide bonds. The Morgan fingerprint density at radius 2 is 1.71 bits per heavy atom. The van der Waals surface area contributed by atoms with Crippen LogP contribution in [0.4, 0.5) is 5.69 Å². The third-order valence-corrected chi connectivity index (χ3v) is 5.02. The van der Waals surface area contributed by atoms with Crippen LogP contribution in [0.15, 0.2) is 72.8 Å². The zero-order valence-electron chi connectivity index (χ0n) is 17.3. The summed E-state index contributed by atoms with van der Waals surface area (Å²) in [4.78, 5) is 31.9. The highest BCUT2D eigenvalue weighted by atomic mass is 16.2. The number of nitrogens with zero attached hydrogens (tertiary/aromatic N) is 1. The Labute approximate surface area is 180 Å². The molecule has 4 rings (SSSR count). The number of aromatic nitrogens is 2. The van der Waals surface area contributed by atoms with Gasteiger partial charge in [-0.3, -0.25) is 9.59 Å². The maximum Gasteiger partial charge on any atom is 0.251 e. The molecule has 4 aromatic rings. The van der Waals surface area contributed by atoms with Crippen LogP contribution in [0.5, 0.6) is 0 Å². The highest BCUT2D eigenvalue weighted by molar-refractivity contribution is 5.97. The number of rotatable bonds is 7. The first-order valence-electron chi connectivity index (χ1n) is 10.3. The normalized spacial score (nSPS) is 10.7. The lowest BCUT2D eigenvalue weighted by atomic mass is 10.1. The third-order valence-electron chi connectivity index (χ3n) is 5.02. The Bertz CT molecular complexity index is 1200. The number of H-pyrrole nitrogens is 1. The van der Waals surface area contributed by atoms with Gasteiger partial charge in [0.05, 0.1) is 11.0 Å². The molecule has 0 saturated carbocycles. The number of benzene rings is 3. The molecule has 0 aliphatic carbocycles. The second-order valence-electron chi connectivity index (χ2n) is 7.36. The van der Waals surface area contributed by atoms with Crippen molar-refractivity contribution >= 4 is 28.5 Å². The quantitative estimate of drug-likeness (QED) is 0.420. The molecule has 0 radical (unpaired) electrons. The predicted octanol–water partition coefficient (Wildman–Crippen LogP) is 4.43. The Hall–Kier alpha value is -3.93. The second kappa shape index (κ2) is 9.26. The molecule has 3 aromatic carbocycles. The number of hydrogen-bond donors (Lipinski definition) is 3. The standard InChI is InChI=1S/C25H24N4O2/c1-2-24(30)27-20-11-8-17(9-12-20)14-23-28-21-13-10-19(15-22(21)29-23)25(31)26-16-18-6-4-3-5-7-18/h3-13,15H,2,14,16H2,1H3,(H,26,31)(H,27,30)(H,28,29). The summed E-state index contributed by atoms with van der Waals surface area (Å²) in [5.74, 6) is 0.697. The lowest BCUT2D eigenvalue weighted by molar-refractivity contribution is -0.115. The van der Waals surface area contributed by atoms with E-state index in [-0.39, 0.29) is 11.8 Å². The van der Waals surface area contributed by atoms with Crippen molar-refractivity contribution in [1.29, 1.82) is 0 Å². The number of amides is 2. The van der Waals surface area contributed by atoms with Crippen molar-refractivity contribution in [1.82, 2.24) is 15.3 Å². The van der Waals surface area contributed by atoms with Gasteiger partial charge in [0, 0.05) is 30.6 Å². The molecular weight excluding hydrogens is 388 g/mol. The van der Waals surface area contributed by atoms with Crippen LogP contribution in [0.25, 0.3) is 11.0 Å². The molecule has 3 N–H and O–H groups in total. The van der Waals surface area contributed by atoms with Crippen LogP contribution >= 0.6 is 0 Å². The summed E-state index contributed by atoms with van der Waals surface area (Å²) >= 11 is 0. The van der Waals surface area contributed by atoms with E-state index in [0.29, 0.717) is 24.9 Å². The minimum absolute atomic E-state index is 0.00589. The summed E-state index contributed by atoms with van der Waals surface area (Å²) in [6.07, 6.45) is 1.08. The zero-order valence-corrected chi connectivity index (χ0v) is 17.3. The van der Waals surface area contributed by atoms with E-state index < -0.39 is 0 Å². The van der Waals surface area contributed by atoms with Gasteiger partial charge in [-0.1, -0.05) is 49.4 Å². The van der Waals surface area contributed by atoms with E-state index in [2.05, 4.69) is 20.6 Å². The minimum Gasteiger partial charge on any atom is -0.348 e. The Balaban J connectivity index is 1.42. The highest BCUT2D eigenvalue weighted by Gasteiger charge is 2.10. The maximum atomic E-state index is 12.5. The molecular formula is C25H24N4O2. The Kier molecular flexibility index (Phi) is 6.08.